The highest BCUT2D eigenvalue weighted by Gasteiger charge is 2.51. The number of hydrogen-bond donors (Lipinski definition) is 1. The summed E-state index contributed by atoms with van der Waals surface area (Å²) in [6.45, 7) is 5.58. The summed E-state index contributed by atoms with van der Waals surface area (Å²) in [7, 11) is 0. The fourth-order valence-electron chi connectivity index (χ4n) is 4.81. The summed E-state index contributed by atoms with van der Waals surface area (Å²) in [5, 5.41) is 9.90. The number of carbonyl (C=O) groups is 1. The molecule has 1 saturated heterocycles. The lowest BCUT2D eigenvalue weighted by Crippen LogP contribution is -2.52. The van der Waals surface area contributed by atoms with Crippen LogP contribution in [0.25, 0.3) is 0 Å². The number of aliphatic hydroxyl groups is 1. The number of nitrogens with zero attached hydrogens (tertiary/aromatic N) is 2. The summed E-state index contributed by atoms with van der Waals surface area (Å²) in [4.78, 5) is 17.8. The van der Waals surface area contributed by atoms with Gasteiger partial charge in [0.1, 0.15) is 0 Å². The van der Waals surface area contributed by atoms with Gasteiger partial charge in [-0.15, -0.1) is 0 Å². The molecule has 4 nitrogen and oxygen atoms in total. The topological polar surface area (TPSA) is 43.8 Å². The largest absolute Gasteiger partial charge is 0.421 e. The van der Waals surface area contributed by atoms with Crippen molar-refractivity contribution in [3.05, 3.63) is 71.3 Å². The SMILES string of the molecule is CC1CN(Cc2ccccc2)CC[C@H]1N(C(=O)c1ccc([C@](C)(O)C(F)(F)F)cc1)C1CC1. The van der Waals surface area contributed by atoms with Crippen molar-refractivity contribution in [2.24, 2.45) is 5.92 Å². The highest BCUT2D eigenvalue weighted by molar-refractivity contribution is 5.95. The molecule has 1 aliphatic heterocycles. The Labute approximate surface area is 193 Å². The van der Waals surface area contributed by atoms with E-state index in [1.807, 2.05) is 23.1 Å². The van der Waals surface area contributed by atoms with E-state index in [4.69, 9.17) is 0 Å². The van der Waals surface area contributed by atoms with E-state index in [2.05, 4.69) is 24.0 Å². The number of carbonyl (C=O) groups excluding carboxylic acids is 1. The van der Waals surface area contributed by atoms with Crippen molar-refractivity contribution in [2.45, 2.75) is 63.5 Å². The third-order valence-corrected chi connectivity index (χ3v) is 6.97. The molecule has 7 heteroatoms. The lowest BCUT2D eigenvalue weighted by atomic mass is 9.90. The second-order valence-electron chi connectivity index (χ2n) is 9.64. The summed E-state index contributed by atoms with van der Waals surface area (Å²) in [5.41, 5.74) is -1.59. The molecule has 0 aromatic heterocycles. The first-order valence-corrected chi connectivity index (χ1v) is 11.6. The summed E-state index contributed by atoms with van der Waals surface area (Å²) in [6, 6.07) is 15.9. The molecule has 0 spiro atoms. The number of rotatable bonds is 6. The van der Waals surface area contributed by atoms with Crippen LogP contribution in [0, 0.1) is 5.92 Å². The Bertz CT molecular complexity index is 956. The first kappa shape index (κ1) is 23.8. The molecule has 2 aromatic carbocycles. The van der Waals surface area contributed by atoms with Crippen LogP contribution in [0.2, 0.25) is 0 Å². The molecule has 1 N–H and O–H groups in total. The molecule has 3 atom stereocenters. The first-order chi connectivity index (χ1) is 15.6. The molecule has 2 aliphatic rings. The van der Waals surface area contributed by atoms with Gasteiger partial charge in [0.15, 0.2) is 5.60 Å². The third kappa shape index (κ3) is 5.09. The van der Waals surface area contributed by atoms with E-state index in [0.717, 1.165) is 45.8 Å². The van der Waals surface area contributed by atoms with Gasteiger partial charge < -0.3 is 10.0 Å². The highest BCUT2D eigenvalue weighted by Crippen LogP contribution is 2.39. The minimum absolute atomic E-state index is 0.106. The molecule has 4 rings (SSSR count). The Balaban J connectivity index is 1.46. The molecular formula is C26H31F3N2O2. The van der Waals surface area contributed by atoms with Crippen LogP contribution in [-0.2, 0) is 12.1 Å². The van der Waals surface area contributed by atoms with Gasteiger partial charge in [-0.3, -0.25) is 9.69 Å². The number of halogens is 3. The Morgan fingerprint density at radius 1 is 1.06 bits per heavy atom. The van der Waals surface area contributed by atoms with Gasteiger partial charge in [-0.25, -0.2) is 0 Å². The first-order valence-electron chi connectivity index (χ1n) is 11.6. The van der Waals surface area contributed by atoms with Crippen molar-refractivity contribution in [3.8, 4) is 0 Å². The predicted octanol–water partition coefficient (Wildman–Crippen LogP) is 4.97. The standard InChI is InChI=1S/C26H31F3N2O2/c1-18-16-30(17-19-6-4-3-5-7-19)15-14-23(18)31(22-12-13-22)24(32)20-8-10-21(11-9-20)25(2,33)26(27,28)29/h3-11,18,22-23,33H,12-17H2,1-2H3/t18?,23-,25+/m1/s1. The Morgan fingerprint density at radius 2 is 1.70 bits per heavy atom. The van der Waals surface area contributed by atoms with Gasteiger partial charge in [0.2, 0.25) is 0 Å². The molecule has 1 aliphatic carbocycles. The maximum absolute atomic E-state index is 13.4. The van der Waals surface area contributed by atoms with Crippen LogP contribution in [0.3, 0.4) is 0 Å². The number of piperidine rings is 1. The maximum Gasteiger partial charge on any atom is 0.421 e. The van der Waals surface area contributed by atoms with Gasteiger partial charge in [0.05, 0.1) is 0 Å². The van der Waals surface area contributed by atoms with Crippen LogP contribution in [0.5, 0.6) is 0 Å². The van der Waals surface area contributed by atoms with Crippen molar-refractivity contribution in [1.82, 2.24) is 9.80 Å². The number of likely N-dealkylation sites (tertiary alicyclic amines) is 1. The van der Waals surface area contributed by atoms with E-state index >= 15 is 0 Å². The fourth-order valence-corrected chi connectivity index (χ4v) is 4.81. The van der Waals surface area contributed by atoms with Gasteiger partial charge >= 0.3 is 6.18 Å². The summed E-state index contributed by atoms with van der Waals surface area (Å²) >= 11 is 0. The predicted molar refractivity (Wildman–Crippen MR) is 121 cm³/mol. The molecule has 2 fully saturated rings. The monoisotopic (exact) mass is 460 g/mol. The lowest BCUT2D eigenvalue weighted by Gasteiger charge is -2.43. The Hall–Kier alpha value is -2.38. The molecule has 1 unspecified atom stereocenters. The van der Waals surface area contributed by atoms with Crippen molar-refractivity contribution in [2.75, 3.05) is 13.1 Å². The van der Waals surface area contributed by atoms with E-state index in [1.165, 1.54) is 29.8 Å². The van der Waals surface area contributed by atoms with Crippen LogP contribution in [0.15, 0.2) is 54.6 Å². The van der Waals surface area contributed by atoms with E-state index in [0.29, 0.717) is 5.56 Å². The molecule has 2 aromatic rings. The van der Waals surface area contributed by atoms with Crippen molar-refractivity contribution >= 4 is 5.91 Å². The number of hydrogen-bond acceptors (Lipinski definition) is 3. The summed E-state index contributed by atoms with van der Waals surface area (Å²) in [6.07, 6.45) is -1.99. The number of alkyl halides is 3. The second-order valence-corrected chi connectivity index (χ2v) is 9.64. The van der Waals surface area contributed by atoms with Crippen LogP contribution in [-0.4, -0.2) is 52.2 Å². The van der Waals surface area contributed by atoms with Gasteiger partial charge in [-0.05, 0) is 55.4 Å². The molecule has 1 saturated carbocycles. The van der Waals surface area contributed by atoms with E-state index in [1.54, 1.807) is 0 Å². The minimum atomic E-state index is -4.79. The van der Waals surface area contributed by atoms with Gasteiger partial charge in [0.25, 0.3) is 5.91 Å². The molecule has 33 heavy (non-hydrogen) atoms. The van der Waals surface area contributed by atoms with Crippen LogP contribution in [0.4, 0.5) is 13.2 Å². The van der Waals surface area contributed by atoms with Crippen molar-refractivity contribution in [1.29, 1.82) is 0 Å². The number of amides is 1. The zero-order chi connectivity index (χ0) is 23.8. The normalized spacial score (nSPS) is 23.7. The maximum atomic E-state index is 13.4. The average molecular weight is 461 g/mol. The van der Waals surface area contributed by atoms with Gasteiger partial charge in [-0.1, -0.05) is 49.4 Å². The smallest absolute Gasteiger partial charge is 0.376 e. The van der Waals surface area contributed by atoms with Crippen LogP contribution in [0.1, 0.15) is 54.6 Å². The quantitative estimate of drug-likeness (QED) is 0.662. The molecule has 0 radical (unpaired) electrons. The van der Waals surface area contributed by atoms with Crippen LogP contribution < -0.4 is 0 Å². The zero-order valence-electron chi connectivity index (χ0n) is 19.1. The zero-order valence-corrected chi connectivity index (χ0v) is 19.1. The van der Waals surface area contributed by atoms with Gasteiger partial charge in [-0.2, -0.15) is 13.2 Å². The van der Waals surface area contributed by atoms with E-state index in [9.17, 15) is 23.1 Å². The third-order valence-electron chi connectivity index (χ3n) is 6.97. The molecule has 1 heterocycles. The van der Waals surface area contributed by atoms with Gasteiger partial charge in [0, 0.05) is 37.3 Å². The second kappa shape index (κ2) is 9.11. The van der Waals surface area contributed by atoms with E-state index in [-0.39, 0.29) is 29.5 Å². The van der Waals surface area contributed by atoms with Crippen molar-refractivity contribution < 1.29 is 23.1 Å². The number of benzene rings is 2. The van der Waals surface area contributed by atoms with Crippen molar-refractivity contribution in [3.63, 3.8) is 0 Å². The van der Waals surface area contributed by atoms with E-state index < -0.39 is 11.8 Å². The molecule has 0 bridgehead atoms. The fraction of sp³-hybridized carbons (Fsp3) is 0.500. The van der Waals surface area contributed by atoms with Crippen LogP contribution >= 0.6 is 0 Å². The highest BCUT2D eigenvalue weighted by atomic mass is 19.4. The summed E-state index contributed by atoms with van der Waals surface area (Å²) in [5.74, 6) is 0.154. The Kier molecular flexibility index (Phi) is 6.56. The molecular weight excluding hydrogens is 429 g/mol. The summed E-state index contributed by atoms with van der Waals surface area (Å²) < 4.78 is 39.4. The molecule has 1 amide bonds. The average Bonchev–Trinajstić information content (AvgIpc) is 3.60. The molecule has 178 valence electrons. The lowest BCUT2D eigenvalue weighted by molar-refractivity contribution is -0.258. The Morgan fingerprint density at radius 3 is 2.24 bits per heavy atom. The minimum Gasteiger partial charge on any atom is -0.376 e.